The van der Waals surface area contributed by atoms with E-state index in [9.17, 15) is 5.11 Å². The molecule has 1 aliphatic carbocycles. The summed E-state index contributed by atoms with van der Waals surface area (Å²) in [6.45, 7) is 2.13. The molecule has 98 valence electrons. The number of fused-ring (bicyclic) bond motifs is 1. The molecular weight excluding hydrogens is 224 g/mol. The number of aliphatic hydroxyl groups excluding tert-OH is 1. The van der Waals surface area contributed by atoms with Crippen LogP contribution in [0.25, 0.3) is 0 Å². The maximum atomic E-state index is 9.72. The fraction of sp³-hybridized carbons (Fsp3) is 0.625. The van der Waals surface area contributed by atoms with Crippen molar-refractivity contribution in [3.63, 3.8) is 0 Å². The third-order valence-corrected chi connectivity index (χ3v) is 4.31. The monoisotopic (exact) mass is 246 g/mol. The molecule has 0 aromatic heterocycles. The molecule has 0 spiro atoms. The highest BCUT2D eigenvalue weighted by Gasteiger charge is 2.28. The minimum atomic E-state index is -0.0743. The first-order chi connectivity index (χ1) is 8.70. The summed E-state index contributed by atoms with van der Waals surface area (Å²) in [7, 11) is 0. The number of hydrogen-bond donors (Lipinski definition) is 1. The summed E-state index contributed by atoms with van der Waals surface area (Å²) < 4.78 is 6.02. The zero-order chi connectivity index (χ0) is 12.5. The van der Waals surface area contributed by atoms with Gasteiger partial charge in [0.05, 0.1) is 6.10 Å². The molecular formula is C16H22O2. The molecule has 1 heterocycles. The van der Waals surface area contributed by atoms with Crippen LogP contribution in [0.2, 0.25) is 0 Å². The van der Waals surface area contributed by atoms with Gasteiger partial charge in [0.1, 0.15) is 11.9 Å². The topological polar surface area (TPSA) is 29.5 Å². The second kappa shape index (κ2) is 4.93. The Bertz CT molecular complexity index is 427. The minimum Gasteiger partial charge on any atom is -0.490 e. The van der Waals surface area contributed by atoms with E-state index in [-0.39, 0.29) is 6.10 Å². The number of hydrogen-bond acceptors (Lipinski definition) is 2. The predicted molar refractivity (Wildman–Crippen MR) is 71.9 cm³/mol. The van der Waals surface area contributed by atoms with Gasteiger partial charge in [-0.1, -0.05) is 30.5 Å². The summed E-state index contributed by atoms with van der Waals surface area (Å²) in [5.41, 5.74) is 2.67. The molecule has 1 saturated carbocycles. The van der Waals surface area contributed by atoms with E-state index in [1.54, 1.807) is 0 Å². The van der Waals surface area contributed by atoms with E-state index in [0.29, 0.717) is 12.0 Å². The Morgan fingerprint density at radius 3 is 3.06 bits per heavy atom. The Morgan fingerprint density at radius 2 is 2.22 bits per heavy atom. The lowest BCUT2D eigenvalue weighted by Gasteiger charge is -2.27. The maximum Gasteiger partial charge on any atom is 0.123 e. The van der Waals surface area contributed by atoms with Crippen LogP contribution < -0.4 is 4.74 Å². The molecule has 18 heavy (non-hydrogen) atoms. The fourth-order valence-corrected chi connectivity index (χ4v) is 3.43. The van der Waals surface area contributed by atoms with Gasteiger partial charge in [-0.25, -0.2) is 0 Å². The van der Waals surface area contributed by atoms with Crippen molar-refractivity contribution in [2.24, 2.45) is 5.92 Å². The van der Waals surface area contributed by atoms with Gasteiger partial charge in [0, 0.05) is 6.42 Å². The average molecular weight is 246 g/mol. The van der Waals surface area contributed by atoms with Crippen molar-refractivity contribution in [1.82, 2.24) is 0 Å². The van der Waals surface area contributed by atoms with E-state index in [1.165, 1.54) is 24.0 Å². The average Bonchev–Trinajstić information content (AvgIpc) is 2.70. The van der Waals surface area contributed by atoms with Gasteiger partial charge in [0.15, 0.2) is 0 Å². The first-order valence-electron chi connectivity index (χ1n) is 7.15. The van der Waals surface area contributed by atoms with Crippen molar-refractivity contribution in [3.05, 3.63) is 29.3 Å². The Labute approximate surface area is 109 Å². The standard InChI is InChI=1S/C16H22O2/c1-11-5-6-16-13(7-11)10-15(18-16)9-12-3-2-4-14(17)8-12/h5-7,12,14-15,17H,2-4,8-10H2,1H3. The molecule has 3 atom stereocenters. The van der Waals surface area contributed by atoms with Gasteiger partial charge < -0.3 is 9.84 Å². The molecule has 0 saturated heterocycles. The first kappa shape index (κ1) is 12.0. The lowest BCUT2D eigenvalue weighted by Crippen LogP contribution is -2.25. The summed E-state index contributed by atoms with van der Waals surface area (Å²) in [4.78, 5) is 0. The highest BCUT2D eigenvalue weighted by Crippen LogP contribution is 2.35. The van der Waals surface area contributed by atoms with Gasteiger partial charge >= 0.3 is 0 Å². The number of ether oxygens (including phenoxy) is 1. The highest BCUT2D eigenvalue weighted by atomic mass is 16.5. The molecule has 0 bridgehead atoms. The summed E-state index contributed by atoms with van der Waals surface area (Å²) in [5, 5.41) is 9.72. The molecule has 1 aromatic carbocycles. The molecule has 3 rings (SSSR count). The predicted octanol–water partition coefficient (Wildman–Crippen LogP) is 3.24. The van der Waals surface area contributed by atoms with Crippen LogP contribution in [0.3, 0.4) is 0 Å². The second-order valence-electron chi connectivity index (χ2n) is 5.98. The van der Waals surface area contributed by atoms with E-state index in [1.807, 2.05) is 0 Å². The van der Waals surface area contributed by atoms with Crippen molar-refractivity contribution in [2.75, 3.05) is 0 Å². The number of rotatable bonds is 2. The third kappa shape index (κ3) is 2.54. The van der Waals surface area contributed by atoms with Crippen LogP contribution in [0.1, 0.15) is 43.2 Å². The normalized spacial score (nSPS) is 30.9. The van der Waals surface area contributed by atoms with Gasteiger partial charge in [0.25, 0.3) is 0 Å². The largest absolute Gasteiger partial charge is 0.490 e. The van der Waals surface area contributed by atoms with Gasteiger partial charge in [-0.05, 0) is 43.7 Å². The maximum absolute atomic E-state index is 9.72. The van der Waals surface area contributed by atoms with Crippen molar-refractivity contribution >= 4 is 0 Å². The molecule has 1 aliphatic heterocycles. The summed E-state index contributed by atoms with van der Waals surface area (Å²) in [6.07, 6.45) is 6.79. The Balaban J connectivity index is 1.60. The Hall–Kier alpha value is -1.02. The zero-order valence-corrected chi connectivity index (χ0v) is 11.1. The van der Waals surface area contributed by atoms with Crippen molar-refractivity contribution in [3.8, 4) is 5.75 Å². The molecule has 1 aromatic rings. The van der Waals surface area contributed by atoms with Crippen molar-refractivity contribution in [2.45, 2.75) is 57.7 Å². The molecule has 0 radical (unpaired) electrons. The van der Waals surface area contributed by atoms with E-state index < -0.39 is 0 Å². The van der Waals surface area contributed by atoms with E-state index >= 15 is 0 Å². The second-order valence-corrected chi connectivity index (χ2v) is 5.98. The first-order valence-corrected chi connectivity index (χ1v) is 7.15. The van der Waals surface area contributed by atoms with Crippen LogP contribution in [0.5, 0.6) is 5.75 Å². The summed E-state index contributed by atoms with van der Waals surface area (Å²) in [5.74, 6) is 1.72. The smallest absolute Gasteiger partial charge is 0.123 e. The molecule has 1 fully saturated rings. The van der Waals surface area contributed by atoms with Crippen LogP contribution in [0, 0.1) is 12.8 Å². The molecule has 2 aliphatic rings. The quantitative estimate of drug-likeness (QED) is 0.868. The minimum absolute atomic E-state index is 0.0743. The van der Waals surface area contributed by atoms with Gasteiger partial charge in [-0.2, -0.15) is 0 Å². The van der Waals surface area contributed by atoms with Crippen molar-refractivity contribution in [1.29, 1.82) is 0 Å². The van der Waals surface area contributed by atoms with Gasteiger partial charge in [0.2, 0.25) is 0 Å². The lowest BCUT2D eigenvalue weighted by molar-refractivity contribution is 0.0816. The van der Waals surface area contributed by atoms with Crippen LogP contribution in [-0.4, -0.2) is 17.3 Å². The summed E-state index contributed by atoms with van der Waals surface area (Å²) >= 11 is 0. The fourth-order valence-electron chi connectivity index (χ4n) is 3.43. The van der Waals surface area contributed by atoms with Gasteiger partial charge in [-0.3, -0.25) is 0 Å². The molecule has 2 heteroatoms. The zero-order valence-electron chi connectivity index (χ0n) is 11.1. The summed E-state index contributed by atoms with van der Waals surface area (Å²) in [6, 6.07) is 6.46. The molecule has 3 unspecified atom stereocenters. The molecule has 2 nitrogen and oxygen atoms in total. The van der Waals surface area contributed by atoms with Crippen LogP contribution in [0.15, 0.2) is 18.2 Å². The van der Waals surface area contributed by atoms with E-state index in [4.69, 9.17) is 4.74 Å². The van der Waals surface area contributed by atoms with Crippen molar-refractivity contribution < 1.29 is 9.84 Å². The Morgan fingerprint density at radius 1 is 1.33 bits per heavy atom. The highest BCUT2D eigenvalue weighted by molar-refractivity contribution is 5.40. The number of aryl methyl sites for hydroxylation is 1. The Kier molecular flexibility index (Phi) is 3.29. The van der Waals surface area contributed by atoms with E-state index in [2.05, 4.69) is 25.1 Å². The van der Waals surface area contributed by atoms with Crippen LogP contribution in [-0.2, 0) is 6.42 Å². The lowest BCUT2D eigenvalue weighted by atomic mass is 9.83. The van der Waals surface area contributed by atoms with E-state index in [0.717, 1.165) is 31.4 Å². The van der Waals surface area contributed by atoms with Crippen LogP contribution >= 0.6 is 0 Å². The molecule has 0 amide bonds. The SMILES string of the molecule is Cc1ccc2c(c1)CC(CC1CCCC(O)C1)O2. The van der Waals surface area contributed by atoms with Gasteiger partial charge in [-0.15, -0.1) is 0 Å². The third-order valence-electron chi connectivity index (χ3n) is 4.31. The number of aliphatic hydroxyl groups is 1. The van der Waals surface area contributed by atoms with Crippen LogP contribution in [0.4, 0.5) is 0 Å². The number of benzene rings is 1. The molecule has 1 N–H and O–H groups in total.